The molecule has 11 heteroatoms. The number of hydrogen-bond acceptors (Lipinski definition) is 8. The third-order valence-electron chi connectivity index (χ3n) is 6.69. The first kappa shape index (κ1) is 29.0. The average Bonchev–Trinajstić information content (AvgIpc) is 3.01. The first-order valence-electron chi connectivity index (χ1n) is 13.8. The van der Waals surface area contributed by atoms with Gasteiger partial charge in [0.05, 0.1) is 24.9 Å². The van der Waals surface area contributed by atoms with Gasteiger partial charge in [0.25, 0.3) is 5.92 Å². The van der Waals surface area contributed by atoms with Gasteiger partial charge in [0.1, 0.15) is 29.5 Å². The van der Waals surface area contributed by atoms with Gasteiger partial charge in [-0.3, -0.25) is 9.69 Å². The Labute approximate surface area is 242 Å². The van der Waals surface area contributed by atoms with Crippen molar-refractivity contribution in [3.05, 3.63) is 85.3 Å². The number of allylic oxidation sites excluding steroid dienone is 1. The molecule has 1 aliphatic rings. The predicted molar refractivity (Wildman–Crippen MR) is 157 cm³/mol. The van der Waals surface area contributed by atoms with E-state index in [9.17, 15) is 13.6 Å². The lowest BCUT2D eigenvalue weighted by atomic mass is 10.1. The zero-order valence-electron chi connectivity index (χ0n) is 23.0. The van der Waals surface area contributed by atoms with Gasteiger partial charge in [-0.1, -0.05) is 18.2 Å². The number of aromatic nitrogens is 3. The molecule has 2 N–H and O–H groups in total. The number of halogens is 2. The fourth-order valence-corrected chi connectivity index (χ4v) is 4.46. The van der Waals surface area contributed by atoms with Crippen LogP contribution in [0.4, 0.5) is 26.1 Å². The summed E-state index contributed by atoms with van der Waals surface area (Å²) in [5.41, 5.74) is 1.31. The van der Waals surface area contributed by atoms with Crippen LogP contribution in [0.5, 0.6) is 11.5 Å². The molecular weight excluding hydrogens is 542 g/mol. The number of alkyl halides is 2. The summed E-state index contributed by atoms with van der Waals surface area (Å²) < 4.78 is 39.8. The van der Waals surface area contributed by atoms with Crippen molar-refractivity contribution in [2.24, 2.45) is 0 Å². The van der Waals surface area contributed by atoms with Crippen molar-refractivity contribution in [3.8, 4) is 11.5 Å². The summed E-state index contributed by atoms with van der Waals surface area (Å²) in [5.74, 6) is -1.68. The van der Waals surface area contributed by atoms with E-state index in [2.05, 4.69) is 30.5 Å². The molecule has 218 valence electrons. The number of morpholine rings is 1. The number of rotatable bonds is 12. The second-order valence-electron chi connectivity index (χ2n) is 9.87. The number of carbonyl (C=O) groups excluding carboxylic acids is 1. The Hall–Kier alpha value is -4.48. The quantitative estimate of drug-likeness (QED) is 0.153. The van der Waals surface area contributed by atoms with E-state index in [4.69, 9.17) is 9.47 Å². The summed E-state index contributed by atoms with van der Waals surface area (Å²) in [5, 5.41) is 6.39. The van der Waals surface area contributed by atoms with Crippen LogP contribution in [0.3, 0.4) is 0 Å². The number of nitrogens with one attached hydrogen (secondary N) is 2. The highest BCUT2D eigenvalue weighted by Gasteiger charge is 2.25. The Bertz CT molecular complexity index is 1500. The zero-order valence-corrected chi connectivity index (χ0v) is 23.0. The smallest absolute Gasteiger partial charge is 0.266 e. The number of carbonyl (C=O) groups is 1. The number of unbranched alkanes of at least 4 members (excludes halogenated alkanes) is 1. The fourth-order valence-electron chi connectivity index (χ4n) is 4.46. The zero-order chi connectivity index (χ0) is 29.2. The molecule has 42 heavy (non-hydrogen) atoms. The number of benzene rings is 2. The van der Waals surface area contributed by atoms with Gasteiger partial charge in [-0.15, -0.1) is 0 Å². The monoisotopic (exact) mass is 574 g/mol. The SMILES string of the molecule is O=C(C=CC(F)(F)CCCCN1CCOCC1)Nc1cc2c(Nc3ccc(Oc4ccccc4)cc3)ncnc2cn1. The summed E-state index contributed by atoms with van der Waals surface area (Å²) in [6.07, 6.45) is 5.11. The van der Waals surface area contributed by atoms with Gasteiger partial charge < -0.3 is 20.1 Å². The lowest BCUT2D eigenvalue weighted by molar-refractivity contribution is -0.112. The van der Waals surface area contributed by atoms with Gasteiger partial charge in [0.15, 0.2) is 0 Å². The van der Waals surface area contributed by atoms with Crippen LogP contribution in [0.15, 0.2) is 85.3 Å². The minimum Gasteiger partial charge on any atom is -0.457 e. The molecule has 4 aromatic rings. The molecule has 9 nitrogen and oxygen atoms in total. The van der Waals surface area contributed by atoms with Crippen LogP contribution in [-0.2, 0) is 9.53 Å². The molecule has 5 rings (SSSR count). The Kier molecular flexibility index (Phi) is 9.62. The van der Waals surface area contributed by atoms with Crippen LogP contribution in [0.2, 0.25) is 0 Å². The van der Waals surface area contributed by atoms with Crippen molar-refractivity contribution in [1.82, 2.24) is 19.9 Å². The van der Waals surface area contributed by atoms with Crippen LogP contribution in [0, 0.1) is 0 Å². The van der Waals surface area contributed by atoms with Gasteiger partial charge >= 0.3 is 0 Å². The van der Waals surface area contributed by atoms with E-state index in [0.29, 0.717) is 54.6 Å². The number of fused-ring (bicyclic) bond motifs is 1. The second kappa shape index (κ2) is 13.9. The Morgan fingerprint density at radius 1 is 1.00 bits per heavy atom. The van der Waals surface area contributed by atoms with Gasteiger partial charge in [-0.2, -0.15) is 0 Å². The minimum atomic E-state index is -3.08. The van der Waals surface area contributed by atoms with Crippen molar-refractivity contribution in [2.75, 3.05) is 43.5 Å². The standard InChI is InChI=1S/C31H32F2N6O3/c32-31(33,13-4-5-15-39-16-18-41-19-17-39)14-12-29(40)38-28-20-26-27(21-34-28)35-22-36-30(26)37-23-8-10-25(11-9-23)42-24-6-2-1-3-7-24/h1-3,6-12,14,20-22H,4-5,13,15-19H2,(H,34,38,40)(H,35,36,37). The van der Waals surface area contributed by atoms with Gasteiger partial charge in [0, 0.05) is 36.7 Å². The Morgan fingerprint density at radius 3 is 2.55 bits per heavy atom. The molecular formula is C31H32F2N6O3. The fraction of sp³-hybridized carbons (Fsp3) is 0.290. The van der Waals surface area contributed by atoms with E-state index in [-0.39, 0.29) is 12.2 Å². The third-order valence-corrected chi connectivity index (χ3v) is 6.69. The molecule has 0 saturated carbocycles. The molecule has 0 atom stereocenters. The normalized spacial score (nSPS) is 14.2. The number of amides is 1. The summed E-state index contributed by atoms with van der Waals surface area (Å²) in [4.78, 5) is 27.4. The number of hydrogen-bond donors (Lipinski definition) is 2. The summed E-state index contributed by atoms with van der Waals surface area (Å²) in [7, 11) is 0. The first-order valence-corrected chi connectivity index (χ1v) is 13.8. The molecule has 1 saturated heterocycles. The molecule has 3 heterocycles. The number of pyridine rings is 1. The van der Waals surface area contributed by atoms with E-state index >= 15 is 0 Å². The molecule has 1 fully saturated rings. The van der Waals surface area contributed by atoms with Crippen LogP contribution >= 0.6 is 0 Å². The molecule has 0 bridgehead atoms. The Morgan fingerprint density at radius 2 is 1.76 bits per heavy atom. The van der Waals surface area contributed by atoms with E-state index in [0.717, 1.165) is 37.1 Å². The molecule has 0 unspecified atom stereocenters. The number of para-hydroxylation sites is 1. The number of anilines is 3. The van der Waals surface area contributed by atoms with Crippen molar-refractivity contribution in [2.45, 2.75) is 25.2 Å². The van der Waals surface area contributed by atoms with Crippen molar-refractivity contribution in [3.63, 3.8) is 0 Å². The summed E-state index contributed by atoms with van der Waals surface area (Å²) in [6, 6.07) is 18.4. The topological polar surface area (TPSA) is 102 Å². The Balaban J connectivity index is 1.16. The van der Waals surface area contributed by atoms with Crippen molar-refractivity contribution < 1.29 is 23.0 Å². The molecule has 1 aliphatic heterocycles. The van der Waals surface area contributed by atoms with E-state index < -0.39 is 11.8 Å². The summed E-state index contributed by atoms with van der Waals surface area (Å²) in [6.45, 7) is 3.81. The second-order valence-corrected chi connectivity index (χ2v) is 9.87. The predicted octanol–water partition coefficient (Wildman–Crippen LogP) is 6.19. The van der Waals surface area contributed by atoms with Gasteiger partial charge in [0.2, 0.25) is 5.91 Å². The van der Waals surface area contributed by atoms with Crippen LogP contribution in [-0.4, -0.2) is 64.5 Å². The lowest BCUT2D eigenvalue weighted by Crippen LogP contribution is -2.36. The first-order chi connectivity index (χ1) is 20.4. The third kappa shape index (κ3) is 8.51. The van der Waals surface area contributed by atoms with Crippen molar-refractivity contribution >= 4 is 34.1 Å². The van der Waals surface area contributed by atoms with E-state index in [1.165, 1.54) is 12.5 Å². The molecule has 1 amide bonds. The maximum atomic E-state index is 14.3. The highest BCUT2D eigenvalue weighted by molar-refractivity contribution is 6.00. The van der Waals surface area contributed by atoms with E-state index in [1.54, 1.807) is 6.07 Å². The number of ether oxygens (including phenoxy) is 2. The van der Waals surface area contributed by atoms with Crippen LogP contribution in [0.1, 0.15) is 19.3 Å². The molecule has 0 spiro atoms. The minimum absolute atomic E-state index is 0.190. The molecule has 2 aromatic heterocycles. The van der Waals surface area contributed by atoms with Crippen LogP contribution < -0.4 is 15.4 Å². The maximum absolute atomic E-state index is 14.3. The van der Waals surface area contributed by atoms with Gasteiger partial charge in [-0.25, -0.2) is 23.7 Å². The van der Waals surface area contributed by atoms with Crippen LogP contribution in [0.25, 0.3) is 10.9 Å². The number of nitrogens with zero attached hydrogens (tertiary/aromatic N) is 4. The van der Waals surface area contributed by atoms with E-state index in [1.807, 2.05) is 54.6 Å². The highest BCUT2D eigenvalue weighted by atomic mass is 19.3. The molecule has 0 radical (unpaired) electrons. The molecule has 0 aliphatic carbocycles. The maximum Gasteiger partial charge on any atom is 0.266 e. The average molecular weight is 575 g/mol. The lowest BCUT2D eigenvalue weighted by Gasteiger charge is -2.26. The highest BCUT2D eigenvalue weighted by Crippen LogP contribution is 2.28. The largest absolute Gasteiger partial charge is 0.457 e. The summed E-state index contributed by atoms with van der Waals surface area (Å²) >= 11 is 0. The van der Waals surface area contributed by atoms with Crippen molar-refractivity contribution in [1.29, 1.82) is 0 Å². The molecule has 2 aromatic carbocycles. The van der Waals surface area contributed by atoms with Gasteiger partial charge in [-0.05, 0) is 67.9 Å².